The number of rotatable bonds is 4. The van der Waals surface area contributed by atoms with Crippen LogP contribution >= 0.6 is 0 Å². The largest absolute Gasteiger partial charge is 0.364 e. The molecule has 0 spiro atoms. The van der Waals surface area contributed by atoms with E-state index in [0.717, 1.165) is 0 Å². The molecule has 2 aliphatic rings. The molecule has 0 aliphatic carbocycles. The summed E-state index contributed by atoms with van der Waals surface area (Å²) in [6, 6.07) is -5.31. The molecular weight excluding hydrogens is 585 g/mol. The first-order valence-electron chi connectivity index (χ1n) is 24.7. The smallest absolute Gasteiger partial charge is 0.0737 e. The zero-order valence-corrected chi connectivity index (χ0v) is 24.6. The molecule has 4 aromatic carbocycles. The van der Waals surface area contributed by atoms with Gasteiger partial charge in [-0.1, -0.05) is 121 Å². The van der Waals surface area contributed by atoms with Crippen LogP contribution in [-0.4, -0.2) is 20.7 Å². The van der Waals surface area contributed by atoms with E-state index in [2.05, 4.69) is 15.0 Å². The molecule has 0 radical (unpaired) electrons. The number of benzene rings is 4. The molecule has 4 heteroatoms. The normalized spacial score (nSPS) is 25.2. The number of hydrogen-bond acceptors (Lipinski definition) is 1. The fraction of sp³-hybridized carbons (Fsp3) is 0.0227. The van der Waals surface area contributed by atoms with Crippen molar-refractivity contribution in [2.24, 2.45) is 4.99 Å². The van der Waals surface area contributed by atoms with E-state index in [1.54, 1.807) is 0 Å². The van der Waals surface area contributed by atoms with Crippen molar-refractivity contribution in [3.63, 3.8) is 0 Å². The first kappa shape index (κ1) is 14.2. The summed E-state index contributed by atoms with van der Waals surface area (Å²) in [5.41, 5.74) is -0.655. The molecule has 3 aromatic heterocycles. The van der Waals surface area contributed by atoms with Crippen molar-refractivity contribution in [2.45, 2.75) is 5.92 Å². The minimum absolute atomic E-state index is 0.0169. The second-order valence-electron chi connectivity index (χ2n) is 10.8. The van der Waals surface area contributed by atoms with Crippen molar-refractivity contribution in [3.05, 3.63) is 231 Å². The van der Waals surface area contributed by atoms with Crippen LogP contribution in [0.25, 0.3) is 16.7 Å². The molecule has 1 atom stereocenters. The lowest BCUT2D eigenvalue weighted by molar-refractivity contribution is 0.895. The first-order chi connectivity index (χ1) is 32.1. The van der Waals surface area contributed by atoms with Gasteiger partial charge in [0.05, 0.1) is 44.7 Å². The Morgan fingerprint density at radius 1 is 0.521 bits per heavy atom. The molecule has 0 unspecified atom stereocenters. The number of H-pyrrole nitrogens is 3. The Hall–Kier alpha value is -6.39. The number of nitrogens with one attached hydrogen (secondary N) is 3. The summed E-state index contributed by atoms with van der Waals surface area (Å²) in [6.45, 7) is 0. The van der Waals surface area contributed by atoms with Crippen molar-refractivity contribution in [2.75, 3.05) is 0 Å². The van der Waals surface area contributed by atoms with Crippen LogP contribution in [0.1, 0.15) is 78.2 Å². The van der Waals surface area contributed by atoms with Crippen LogP contribution in [0.5, 0.6) is 0 Å². The van der Waals surface area contributed by atoms with Gasteiger partial charge in [0.15, 0.2) is 0 Å². The third-order valence-corrected chi connectivity index (χ3v) is 8.03. The monoisotopic (exact) mass is 636 g/mol. The van der Waals surface area contributed by atoms with Gasteiger partial charge in [-0.25, -0.2) is 4.99 Å². The summed E-state index contributed by atoms with van der Waals surface area (Å²) in [5.74, 6) is -1.28. The van der Waals surface area contributed by atoms with Crippen LogP contribution in [0.4, 0.5) is 0 Å². The van der Waals surface area contributed by atoms with Gasteiger partial charge in [0.1, 0.15) is 0 Å². The molecule has 5 heterocycles. The highest BCUT2D eigenvalue weighted by Gasteiger charge is 2.24. The summed E-state index contributed by atoms with van der Waals surface area (Å²) in [6.07, 6.45) is 4.32. The number of aromatic nitrogens is 3. The molecule has 0 amide bonds. The van der Waals surface area contributed by atoms with E-state index >= 15 is 0 Å². The predicted octanol–water partition coefficient (Wildman–Crippen LogP) is 8.08. The maximum Gasteiger partial charge on any atom is 0.0737 e. The molecule has 0 saturated carbocycles. The van der Waals surface area contributed by atoms with Gasteiger partial charge in [0.2, 0.25) is 0 Å². The molecule has 0 fully saturated rings. The Bertz CT molecular complexity index is 3530. The van der Waals surface area contributed by atoms with E-state index in [1.807, 2.05) is 0 Å². The first-order valence-corrected chi connectivity index (χ1v) is 14.7. The molecule has 3 N–H and O–H groups in total. The Balaban J connectivity index is 1.52. The second-order valence-corrected chi connectivity index (χ2v) is 10.8. The van der Waals surface area contributed by atoms with Gasteiger partial charge in [-0.05, 0) is 64.7 Å². The molecule has 9 rings (SSSR count). The third-order valence-electron chi connectivity index (χ3n) is 8.03. The van der Waals surface area contributed by atoms with Crippen LogP contribution in [0.2, 0.25) is 0 Å². The topological polar surface area (TPSA) is 59.7 Å². The Morgan fingerprint density at radius 3 is 1.77 bits per heavy atom. The van der Waals surface area contributed by atoms with Gasteiger partial charge >= 0.3 is 0 Å². The maximum absolute atomic E-state index is 9.07. The van der Waals surface area contributed by atoms with Crippen molar-refractivity contribution >= 4 is 22.4 Å². The second kappa shape index (κ2) is 11.8. The molecule has 48 heavy (non-hydrogen) atoms. The van der Waals surface area contributed by atoms with E-state index < -0.39 is 127 Å². The lowest BCUT2D eigenvalue weighted by atomic mass is 9.91. The van der Waals surface area contributed by atoms with Gasteiger partial charge in [-0.3, -0.25) is 0 Å². The van der Waals surface area contributed by atoms with Gasteiger partial charge in [-0.15, -0.1) is 0 Å². The van der Waals surface area contributed by atoms with E-state index in [-0.39, 0.29) is 83.7 Å². The zero-order valence-electron chi connectivity index (χ0n) is 44.6. The maximum atomic E-state index is 9.07. The van der Waals surface area contributed by atoms with Crippen molar-refractivity contribution in [1.29, 1.82) is 0 Å². The zero-order chi connectivity index (χ0) is 49.3. The van der Waals surface area contributed by atoms with Crippen molar-refractivity contribution in [3.8, 4) is 0 Å². The fourth-order valence-electron chi connectivity index (χ4n) is 6.02. The summed E-state index contributed by atoms with van der Waals surface area (Å²) in [5, 5.41) is 0.167. The standard InChI is InChI=1S/C44H32N4/c1-5-13-29(14-6-1)41-33-27-40(45-28-33)44(32-19-11-4-12-20-32)39-26-25-38(48-39)43(31-17-9-3-10-18-31)37-24-23-36(47-37)42(30-15-7-2-8-16-30)35-22-21-34(41)46-35/h1-28,44-46,48H/b41-34-,42-35-,43-37-/t44-/m1/s1/i1D,2D,3D,4D,5D,6D,7D,8D,9D,10D,11D,12D,13D,14D,15D,16D,17D,18D,19D,20D. The minimum atomic E-state index is -1.28. The number of fused-ring (bicyclic) bond motifs is 7. The highest BCUT2D eigenvalue weighted by molar-refractivity contribution is 6.30. The van der Waals surface area contributed by atoms with Crippen LogP contribution in [0, 0.1) is 0 Å². The SMILES string of the molecule is [2H]c1c([2H])c([2H])c(/C2=C3\C=CC(=N3)/C(c3c([2H])c([2H])c([2H])c([2H])c3[2H])=c3/cc/c([nH]3)=C(\c3c([2H])c([2H])c([2H])c([2H])c3[2H])c3c[nH]c(c3)[C@H](c3c([2H])c([2H])c([2H])c([2H])c3[2H])c3ccc2[nH]3)c([2H])c1[2H]. The quantitative estimate of drug-likeness (QED) is 0.175. The van der Waals surface area contributed by atoms with Gasteiger partial charge < -0.3 is 15.0 Å². The van der Waals surface area contributed by atoms with E-state index in [4.69, 9.17) is 32.4 Å². The van der Waals surface area contributed by atoms with Gasteiger partial charge in [0, 0.05) is 56.3 Å². The number of aliphatic imine (C=N–C) groups is 1. The molecule has 7 aromatic rings. The highest BCUT2D eigenvalue weighted by atomic mass is 14.8. The van der Waals surface area contributed by atoms with E-state index in [0.29, 0.717) is 0 Å². The van der Waals surface area contributed by atoms with Crippen LogP contribution in [0.15, 0.2) is 180 Å². The summed E-state index contributed by atoms with van der Waals surface area (Å²) in [4.78, 5) is 14.4. The minimum Gasteiger partial charge on any atom is -0.364 e. The van der Waals surface area contributed by atoms with Crippen molar-refractivity contribution in [1.82, 2.24) is 15.0 Å². The summed E-state index contributed by atoms with van der Waals surface area (Å²) >= 11 is 0. The van der Waals surface area contributed by atoms with E-state index in [9.17, 15) is 0 Å². The molecule has 0 saturated heterocycles. The van der Waals surface area contributed by atoms with Crippen LogP contribution in [0.3, 0.4) is 0 Å². The van der Waals surface area contributed by atoms with Gasteiger partial charge in [-0.2, -0.15) is 0 Å². The molecule has 228 valence electrons. The molecule has 2 aliphatic heterocycles. The fourth-order valence-corrected chi connectivity index (χ4v) is 6.02. The van der Waals surface area contributed by atoms with Crippen LogP contribution in [-0.2, 0) is 0 Å². The lowest BCUT2D eigenvalue weighted by Crippen LogP contribution is -2.19. The van der Waals surface area contributed by atoms with E-state index in [1.165, 1.54) is 48.7 Å². The highest BCUT2D eigenvalue weighted by Crippen LogP contribution is 2.37. The molecule has 8 bridgehead atoms. The predicted molar refractivity (Wildman–Crippen MR) is 195 cm³/mol. The summed E-state index contributed by atoms with van der Waals surface area (Å²) < 4.78 is 175. The lowest BCUT2D eigenvalue weighted by Gasteiger charge is -2.16. The average Bonchev–Trinajstić information content (AvgIpc) is 4.18. The number of allylic oxidation sites excluding steroid dienone is 2. The Labute approximate surface area is 307 Å². The number of aromatic amines is 3. The third kappa shape index (κ3) is 4.91. The average molecular weight is 637 g/mol. The number of nitrogens with zero attached hydrogens (tertiary/aromatic N) is 1. The van der Waals surface area contributed by atoms with Gasteiger partial charge in [0.25, 0.3) is 0 Å². The number of hydrogen-bond donors (Lipinski definition) is 3. The van der Waals surface area contributed by atoms with Crippen LogP contribution < -0.4 is 10.7 Å². The Morgan fingerprint density at radius 2 is 1.10 bits per heavy atom. The Kier molecular flexibility index (Phi) is 3.47. The molecule has 4 nitrogen and oxygen atoms in total. The van der Waals surface area contributed by atoms with Crippen molar-refractivity contribution < 1.29 is 27.4 Å². The molecular formula is C44H32N4. The summed E-state index contributed by atoms with van der Waals surface area (Å²) in [7, 11) is 0.